The molecule has 3 nitrogen and oxygen atoms in total. The molecule has 1 rings (SSSR count). The SMILES string of the molecule is CCCNCC(OCCOC)c1ccccc1. The van der Waals surface area contributed by atoms with E-state index < -0.39 is 0 Å². The van der Waals surface area contributed by atoms with E-state index in [4.69, 9.17) is 9.47 Å². The van der Waals surface area contributed by atoms with E-state index in [1.54, 1.807) is 7.11 Å². The molecule has 0 aliphatic carbocycles. The van der Waals surface area contributed by atoms with Gasteiger partial charge in [0.25, 0.3) is 0 Å². The van der Waals surface area contributed by atoms with Crippen molar-refractivity contribution < 1.29 is 9.47 Å². The van der Waals surface area contributed by atoms with E-state index in [1.807, 2.05) is 18.2 Å². The van der Waals surface area contributed by atoms with Gasteiger partial charge in [-0.3, -0.25) is 0 Å². The van der Waals surface area contributed by atoms with Crippen molar-refractivity contribution in [2.75, 3.05) is 33.4 Å². The van der Waals surface area contributed by atoms with Crippen LogP contribution in [0.4, 0.5) is 0 Å². The highest BCUT2D eigenvalue weighted by Gasteiger charge is 2.10. The molecule has 0 aliphatic heterocycles. The lowest BCUT2D eigenvalue weighted by atomic mass is 10.1. The number of methoxy groups -OCH3 is 1. The molecular formula is C14H23NO2. The third-order valence-corrected chi connectivity index (χ3v) is 2.53. The lowest BCUT2D eigenvalue weighted by molar-refractivity contribution is 0.0167. The van der Waals surface area contributed by atoms with Gasteiger partial charge in [0.1, 0.15) is 0 Å². The molecule has 0 saturated heterocycles. The summed E-state index contributed by atoms with van der Waals surface area (Å²) in [4.78, 5) is 0. The summed E-state index contributed by atoms with van der Waals surface area (Å²) >= 11 is 0. The van der Waals surface area contributed by atoms with Gasteiger partial charge >= 0.3 is 0 Å². The number of rotatable bonds is 9. The van der Waals surface area contributed by atoms with Crippen molar-refractivity contribution in [1.82, 2.24) is 5.32 Å². The molecular weight excluding hydrogens is 214 g/mol. The lowest BCUT2D eigenvalue weighted by Gasteiger charge is -2.18. The molecule has 1 aromatic rings. The maximum atomic E-state index is 5.83. The van der Waals surface area contributed by atoms with Crippen molar-refractivity contribution in [2.45, 2.75) is 19.4 Å². The van der Waals surface area contributed by atoms with Crippen molar-refractivity contribution in [3.05, 3.63) is 35.9 Å². The Labute approximate surface area is 104 Å². The zero-order valence-corrected chi connectivity index (χ0v) is 10.8. The second-order valence-electron chi connectivity index (χ2n) is 3.97. The molecule has 1 atom stereocenters. The molecule has 96 valence electrons. The van der Waals surface area contributed by atoms with Crippen molar-refractivity contribution >= 4 is 0 Å². The Kier molecular flexibility index (Phi) is 7.63. The summed E-state index contributed by atoms with van der Waals surface area (Å²) in [6.07, 6.45) is 1.25. The number of benzene rings is 1. The fourth-order valence-corrected chi connectivity index (χ4v) is 1.62. The normalized spacial score (nSPS) is 12.6. The van der Waals surface area contributed by atoms with Crippen LogP contribution >= 0.6 is 0 Å². The predicted octanol–water partition coefficient (Wildman–Crippen LogP) is 2.39. The minimum Gasteiger partial charge on any atom is -0.382 e. The minimum absolute atomic E-state index is 0.109. The highest BCUT2D eigenvalue weighted by atomic mass is 16.5. The molecule has 0 bridgehead atoms. The van der Waals surface area contributed by atoms with E-state index in [2.05, 4.69) is 24.4 Å². The van der Waals surface area contributed by atoms with Gasteiger partial charge in [0.15, 0.2) is 0 Å². The van der Waals surface area contributed by atoms with E-state index in [-0.39, 0.29) is 6.10 Å². The fraction of sp³-hybridized carbons (Fsp3) is 0.571. The zero-order chi connectivity index (χ0) is 12.3. The van der Waals surface area contributed by atoms with Crippen LogP contribution in [0.5, 0.6) is 0 Å². The molecule has 1 aromatic carbocycles. The number of hydrogen-bond acceptors (Lipinski definition) is 3. The summed E-state index contributed by atoms with van der Waals surface area (Å²) in [7, 11) is 1.69. The van der Waals surface area contributed by atoms with Gasteiger partial charge in [0.05, 0.1) is 19.3 Å². The first-order valence-corrected chi connectivity index (χ1v) is 6.24. The number of ether oxygens (including phenoxy) is 2. The van der Waals surface area contributed by atoms with E-state index in [0.29, 0.717) is 13.2 Å². The quantitative estimate of drug-likeness (QED) is 0.669. The Balaban J connectivity index is 2.46. The average molecular weight is 237 g/mol. The zero-order valence-electron chi connectivity index (χ0n) is 10.8. The van der Waals surface area contributed by atoms with E-state index >= 15 is 0 Å². The molecule has 0 spiro atoms. The Hall–Kier alpha value is -0.900. The van der Waals surface area contributed by atoms with Gasteiger partial charge in [-0.1, -0.05) is 37.3 Å². The third kappa shape index (κ3) is 5.82. The molecule has 1 unspecified atom stereocenters. The Morgan fingerprint density at radius 2 is 1.94 bits per heavy atom. The maximum absolute atomic E-state index is 5.83. The van der Waals surface area contributed by atoms with Crippen LogP contribution < -0.4 is 5.32 Å². The molecule has 0 radical (unpaired) electrons. The number of hydrogen-bond donors (Lipinski definition) is 1. The van der Waals surface area contributed by atoms with Gasteiger partial charge < -0.3 is 14.8 Å². The average Bonchev–Trinajstić information content (AvgIpc) is 2.38. The first-order chi connectivity index (χ1) is 8.38. The second kappa shape index (κ2) is 9.16. The highest BCUT2D eigenvalue weighted by molar-refractivity contribution is 5.17. The largest absolute Gasteiger partial charge is 0.382 e. The van der Waals surface area contributed by atoms with Crippen LogP contribution in [0.1, 0.15) is 25.0 Å². The van der Waals surface area contributed by atoms with Crippen LogP contribution in [-0.4, -0.2) is 33.4 Å². The third-order valence-electron chi connectivity index (χ3n) is 2.53. The first-order valence-electron chi connectivity index (χ1n) is 6.24. The van der Waals surface area contributed by atoms with Gasteiger partial charge in [-0.2, -0.15) is 0 Å². The van der Waals surface area contributed by atoms with Gasteiger partial charge in [-0.05, 0) is 18.5 Å². The molecule has 1 N–H and O–H groups in total. The Morgan fingerprint density at radius 1 is 1.18 bits per heavy atom. The van der Waals surface area contributed by atoms with E-state index in [9.17, 15) is 0 Å². The summed E-state index contributed by atoms with van der Waals surface area (Å²) in [5, 5.41) is 3.39. The maximum Gasteiger partial charge on any atom is 0.0950 e. The lowest BCUT2D eigenvalue weighted by Crippen LogP contribution is -2.25. The summed E-state index contributed by atoms with van der Waals surface area (Å²) < 4.78 is 10.8. The standard InChI is InChI=1S/C14H23NO2/c1-3-9-15-12-14(17-11-10-16-2)13-7-5-4-6-8-13/h4-8,14-15H,3,9-12H2,1-2H3. The van der Waals surface area contributed by atoms with Crippen LogP contribution in [0.2, 0.25) is 0 Å². The molecule has 0 saturated carbocycles. The van der Waals surface area contributed by atoms with Crippen LogP contribution in [0.25, 0.3) is 0 Å². The molecule has 0 aromatic heterocycles. The van der Waals surface area contributed by atoms with Crippen molar-refractivity contribution in [1.29, 1.82) is 0 Å². The Morgan fingerprint density at radius 3 is 2.59 bits per heavy atom. The number of nitrogens with one attached hydrogen (secondary N) is 1. The van der Waals surface area contributed by atoms with Crippen molar-refractivity contribution in [3.63, 3.8) is 0 Å². The predicted molar refractivity (Wildman–Crippen MR) is 70.2 cm³/mol. The van der Waals surface area contributed by atoms with Crippen molar-refractivity contribution in [3.8, 4) is 0 Å². The Bertz CT molecular complexity index is 267. The topological polar surface area (TPSA) is 30.5 Å². The molecule has 0 heterocycles. The van der Waals surface area contributed by atoms with Crippen LogP contribution in [0.3, 0.4) is 0 Å². The van der Waals surface area contributed by atoms with Crippen LogP contribution in [-0.2, 0) is 9.47 Å². The summed E-state index contributed by atoms with van der Waals surface area (Å²) in [6, 6.07) is 10.3. The van der Waals surface area contributed by atoms with Crippen LogP contribution in [0.15, 0.2) is 30.3 Å². The van der Waals surface area contributed by atoms with Gasteiger partial charge in [-0.25, -0.2) is 0 Å². The highest BCUT2D eigenvalue weighted by Crippen LogP contribution is 2.15. The van der Waals surface area contributed by atoms with E-state index in [0.717, 1.165) is 19.5 Å². The molecule has 3 heteroatoms. The monoisotopic (exact) mass is 237 g/mol. The molecule has 0 aliphatic rings. The van der Waals surface area contributed by atoms with Crippen molar-refractivity contribution in [2.24, 2.45) is 0 Å². The smallest absolute Gasteiger partial charge is 0.0950 e. The molecule has 0 amide bonds. The van der Waals surface area contributed by atoms with Crippen LogP contribution in [0, 0.1) is 0 Å². The van der Waals surface area contributed by atoms with Gasteiger partial charge in [-0.15, -0.1) is 0 Å². The summed E-state index contributed by atoms with van der Waals surface area (Å²) in [5.41, 5.74) is 1.22. The van der Waals surface area contributed by atoms with Gasteiger partial charge in [0, 0.05) is 13.7 Å². The fourth-order valence-electron chi connectivity index (χ4n) is 1.62. The minimum atomic E-state index is 0.109. The summed E-state index contributed by atoms with van der Waals surface area (Å²) in [6.45, 7) is 5.30. The second-order valence-corrected chi connectivity index (χ2v) is 3.97. The molecule has 0 fully saturated rings. The van der Waals surface area contributed by atoms with Gasteiger partial charge in [0.2, 0.25) is 0 Å². The summed E-state index contributed by atoms with van der Waals surface area (Å²) in [5.74, 6) is 0. The first kappa shape index (κ1) is 14.2. The molecule has 17 heavy (non-hydrogen) atoms. The van der Waals surface area contributed by atoms with E-state index in [1.165, 1.54) is 5.56 Å².